The predicted molar refractivity (Wildman–Crippen MR) is 86.0 cm³/mol. The fraction of sp³-hybridized carbons (Fsp3) is 0.333. The van der Waals surface area contributed by atoms with E-state index >= 15 is 0 Å². The molecule has 0 saturated carbocycles. The molecule has 0 aliphatic rings. The van der Waals surface area contributed by atoms with Gasteiger partial charge in [-0.15, -0.1) is 0 Å². The molecule has 0 spiro atoms. The molecule has 0 aliphatic heterocycles. The maximum Gasteiger partial charge on any atom is 0.416 e. The molecular formula is C18H18F3OSi. The Bertz CT molecular complexity index is 638. The summed E-state index contributed by atoms with van der Waals surface area (Å²) in [6, 6.07) is 12.8. The van der Waals surface area contributed by atoms with Crippen molar-refractivity contribution in [2.75, 3.05) is 0 Å². The Morgan fingerprint density at radius 2 is 1.48 bits per heavy atom. The summed E-state index contributed by atoms with van der Waals surface area (Å²) >= 11 is 0. The van der Waals surface area contributed by atoms with Gasteiger partial charge in [-0.2, -0.15) is 13.2 Å². The van der Waals surface area contributed by atoms with Crippen molar-refractivity contribution in [3.63, 3.8) is 0 Å². The first-order chi connectivity index (χ1) is 10.9. The van der Waals surface area contributed by atoms with Crippen LogP contribution >= 0.6 is 0 Å². The summed E-state index contributed by atoms with van der Waals surface area (Å²) in [7, 11) is 3.15. The molecule has 2 rings (SSSR count). The first-order valence-corrected chi connectivity index (χ1v) is 7.90. The van der Waals surface area contributed by atoms with E-state index in [9.17, 15) is 13.2 Å². The molecule has 0 bridgehead atoms. The maximum absolute atomic E-state index is 12.8. The van der Waals surface area contributed by atoms with Crippen molar-refractivity contribution in [2.45, 2.75) is 38.5 Å². The van der Waals surface area contributed by atoms with Crippen molar-refractivity contribution < 1.29 is 17.6 Å². The number of hydrogen-bond acceptors (Lipinski definition) is 1. The van der Waals surface area contributed by atoms with E-state index in [1.54, 1.807) is 6.07 Å². The minimum atomic E-state index is -4.33. The van der Waals surface area contributed by atoms with Gasteiger partial charge in [-0.1, -0.05) is 50.2 Å². The van der Waals surface area contributed by atoms with Crippen LogP contribution in [0.1, 0.15) is 37.8 Å². The van der Waals surface area contributed by atoms with Gasteiger partial charge >= 0.3 is 6.18 Å². The van der Waals surface area contributed by atoms with E-state index < -0.39 is 17.3 Å². The van der Waals surface area contributed by atoms with Crippen LogP contribution in [0.5, 0.6) is 0 Å². The summed E-state index contributed by atoms with van der Waals surface area (Å²) in [5.74, 6) is 0. The van der Waals surface area contributed by atoms with E-state index in [0.29, 0.717) is 5.56 Å². The molecule has 23 heavy (non-hydrogen) atoms. The average molecular weight is 335 g/mol. The lowest BCUT2D eigenvalue weighted by atomic mass is 9.87. The van der Waals surface area contributed by atoms with E-state index in [1.807, 2.05) is 38.1 Å². The second kappa shape index (κ2) is 6.89. The molecule has 0 aromatic heterocycles. The average Bonchev–Trinajstić information content (AvgIpc) is 2.57. The van der Waals surface area contributed by atoms with Crippen molar-refractivity contribution >= 4 is 10.5 Å². The third kappa shape index (κ3) is 3.67. The molecule has 1 nitrogen and oxygen atoms in total. The molecule has 0 aliphatic carbocycles. The fourth-order valence-corrected chi connectivity index (χ4v) is 3.11. The standard InChI is InChI=1S/C18H18F3OSi/c1-3-17(4-2,22-23)15-10-8-13(9-11-15)14-6-5-7-16(12-14)18(19,20)21/h5-12H,3-4H2,1-2H3. The molecule has 0 N–H and O–H groups in total. The molecule has 0 unspecified atom stereocenters. The highest BCUT2D eigenvalue weighted by molar-refractivity contribution is 5.98. The van der Waals surface area contributed by atoms with E-state index in [-0.39, 0.29) is 0 Å². The highest BCUT2D eigenvalue weighted by Crippen LogP contribution is 2.35. The molecule has 3 radical (unpaired) electrons. The summed E-state index contributed by atoms with van der Waals surface area (Å²) < 4.78 is 43.9. The first-order valence-electron chi connectivity index (χ1n) is 7.49. The van der Waals surface area contributed by atoms with Crippen molar-refractivity contribution in [1.29, 1.82) is 0 Å². The van der Waals surface area contributed by atoms with Crippen molar-refractivity contribution in [3.8, 4) is 11.1 Å². The number of hydrogen-bond donors (Lipinski definition) is 0. The van der Waals surface area contributed by atoms with Gasteiger partial charge in [0.15, 0.2) is 0 Å². The van der Waals surface area contributed by atoms with E-state index in [4.69, 9.17) is 4.43 Å². The Balaban J connectivity index is 2.37. The summed E-state index contributed by atoms with van der Waals surface area (Å²) in [4.78, 5) is 0. The van der Waals surface area contributed by atoms with E-state index in [2.05, 4.69) is 10.5 Å². The molecule has 2 aromatic carbocycles. The second-order valence-corrected chi connectivity index (χ2v) is 5.66. The molecule has 5 heteroatoms. The normalized spacial score (nSPS) is 12.4. The van der Waals surface area contributed by atoms with Gasteiger partial charge in [0.05, 0.1) is 11.2 Å². The van der Waals surface area contributed by atoms with Crippen LogP contribution < -0.4 is 0 Å². The number of alkyl halides is 3. The number of rotatable bonds is 5. The Hall–Kier alpha value is -1.59. The molecule has 121 valence electrons. The van der Waals surface area contributed by atoms with E-state index in [0.717, 1.165) is 30.0 Å². The molecule has 0 saturated heterocycles. The monoisotopic (exact) mass is 335 g/mol. The van der Waals surface area contributed by atoms with Gasteiger partial charge in [-0.25, -0.2) is 0 Å². The van der Waals surface area contributed by atoms with E-state index in [1.165, 1.54) is 12.1 Å². The highest BCUT2D eigenvalue weighted by Gasteiger charge is 2.30. The Kier molecular flexibility index (Phi) is 5.32. The second-order valence-electron chi connectivity index (χ2n) is 5.46. The lowest BCUT2D eigenvalue weighted by molar-refractivity contribution is -0.137. The minimum absolute atomic E-state index is 0.427. The highest BCUT2D eigenvalue weighted by atomic mass is 28.2. The lowest BCUT2D eigenvalue weighted by Gasteiger charge is -2.31. The summed E-state index contributed by atoms with van der Waals surface area (Å²) in [5.41, 5.74) is 1.22. The van der Waals surface area contributed by atoms with Crippen molar-refractivity contribution in [2.24, 2.45) is 0 Å². The topological polar surface area (TPSA) is 9.23 Å². The van der Waals surface area contributed by atoms with Gasteiger partial charge in [0.1, 0.15) is 0 Å². The molecule has 0 heterocycles. The maximum atomic E-state index is 12.8. The Labute approximate surface area is 138 Å². The van der Waals surface area contributed by atoms with Crippen LogP contribution in [0.3, 0.4) is 0 Å². The van der Waals surface area contributed by atoms with Crippen LogP contribution in [0.2, 0.25) is 0 Å². The van der Waals surface area contributed by atoms with Crippen LogP contribution in [-0.4, -0.2) is 10.5 Å². The molecule has 0 atom stereocenters. The fourth-order valence-electron chi connectivity index (χ4n) is 2.70. The van der Waals surface area contributed by atoms with Crippen LogP contribution in [0.15, 0.2) is 48.5 Å². The van der Waals surface area contributed by atoms with Gasteiger partial charge < -0.3 is 4.43 Å². The largest absolute Gasteiger partial charge is 0.416 e. The van der Waals surface area contributed by atoms with Gasteiger partial charge in [-0.05, 0) is 41.7 Å². The van der Waals surface area contributed by atoms with Crippen LogP contribution in [0.25, 0.3) is 11.1 Å². The minimum Gasteiger partial charge on any atom is -0.409 e. The third-order valence-electron chi connectivity index (χ3n) is 4.27. The van der Waals surface area contributed by atoms with Crippen LogP contribution in [0, 0.1) is 0 Å². The zero-order chi connectivity index (χ0) is 17.1. The smallest absolute Gasteiger partial charge is 0.409 e. The summed E-state index contributed by atoms with van der Waals surface area (Å²) in [6.07, 6.45) is -2.76. The molecule has 0 fully saturated rings. The van der Waals surface area contributed by atoms with Gasteiger partial charge in [-0.3, -0.25) is 0 Å². The SMILES string of the molecule is CCC(CC)(O[Si])c1ccc(-c2cccc(C(F)(F)F)c2)cc1. The zero-order valence-corrected chi connectivity index (χ0v) is 14.1. The van der Waals surface area contributed by atoms with Crippen LogP contribution in [-0.2, 0) is 16.2 Å². The van der Waals surface area contributed by atoms with Crippen LogP contribution in [0.4, 0.5) is 13.2 Å². The zero-order valence-electron chi connectivity index (χ0n) is 13.1. The Morgan fingerprint density at radius 3 is 1.96 bits per heavy atom. The summed E-state index contributed by atoms with van der Waals surface area (Å²) in [5, 5.41) is 0. The van der Waals surface area contributed by atoms with Crippen molar-refractivity contribution in [3.05, 3.63) is 59.7 Å². The number of benzene rings is 2. The van der Waals surface area contributed by atoms with Crippen molar-refractivity contribution in [1.82, 2.24) is 0 Å². The number of halogens is 3. The predicted octanol–water partition coefficient (Wildman–Crippen LogP) is 5.49. The quantitative estimate of drug-likeness (QED) is 0.657. The lowest BCUT2D eigenvalue weighted by Crippen LogP contribution is -2.27. The molecular weight excluding hydrogens is 317 g/mol. The Morgan fingerprint density at radius 1 is 0.870 bits per heavy atom. The molecule has 0 amide bonds. The third-order valence-corrected chi connectivity index (χ3v) is 4.66. The molecule has 2 aromatic rings. The first kappa shape index (κ1) is 17.8. The van der Waals surface area contributed by atoms with Gasteiger partial charge in [0.25, 0.3) is 0 Å². The van der Waals surface area contributed by atoms with Gasteiger partial charge in [0, 0.05) is 0 Å². The van der Waals surface area contributed by atoms with Gasteiger partial charge in [0.2, 0.25) is 10.5 Å². The summed E-state index contributed by atoms with van der Waals surface area (Å²) in [6.45, 7) is 4.06.